The number of benzene rings is 1. The molecule has 1 saturated heterocycles. The van der Waals surface area contributed by atoms with Crippen molar-refractivity contribution < 1.29 is 4.74 Å². The summed E-state index contributed by atoms with van der Waals surface area (Å²) in [5.74, 6) is 0. The van der Waals surface area contributed by atoms with Crippen molar-refractivity contribution in [1.82, 2.24) is 9.47 Å². The van der Waals surface area contributed by atoms with Gasteiger partial charge in [-0.3, -0.25) is 4.90 Å². The van der Waals surface area contributed by atoms with Gasteiger partial charge >= 0.3 is 0 Å². The van der Waals surface area contributed by atoms with Crippen molar-refractivity contribution in [2.75, 3.05) is 26.2 Å². The van der Waals surface area contributed by atoms with Gasteiger partial charge in [-0.25, -0.2) is 0 Å². The van der Waals surface area contributed by atoms with Crippen LogP contribution in [0.15, 0.2) is 30.5 Å². The standard InChI is InChI=1S/C16H23N3O/c1-2-18-8-9-20-14(11-18)12-19-7-6-15-13(10-17)4-3-5-16(15)19/h3-7,14H,2,8-12,17H2,1H3. The Morgan fingerprint density at radius 1 is 1.35 bits per heavy atom. The first-order valence-corrected chi connectivity index (χ1v) is 7.42. The molecule has 1 unspecified atom stereocenters. The predicted octanol–water partition coefficient (Wildman–Crippen LogP) is 1.82. The second-order valence-corrected chi connectivity index (χ2v) is 5.41. The van der Waals surface area contributed by atoms with E-state index in [1.54, 1.807) is 0 Å². The zero-order chi connectivity index (χ0) is 13.9. The van der Waals surface area contributed by atoms with Gasteiger partial charge in [0.25, 0.3) is 0 Å². The number of nitrogens with two attached hydrogens (primary N) is 1. The first-order valence-electron chi connectivity index (χ1n) is 7.42. The maximum Gasteiger partial charge on any atom is 0.0881 e. The number of nitrogens with zero attached hydrogens (tertiary/aromatic N) is 2. The van der Waals surface area contributed by atoms with Crippen LogP contribution in [0, 0.1) is 0 Å². The summed E-state index contributed by atoms with van der Waals surface area (Å²) in [5.41, 5.74) is 8.27. The fourth-order valence-corrected chi connectivity index (χ4v) is 3.02. The lowest BCUT2D eigenvalue weighted by molar-refractivity contribution is -0.0337. The van der Waals surface area contributed by atoms with Gasteiger partial charge in [-0.1, -0.05) is 19.1 Å². The number of rotatable bonds is 4. The lowest BCUT2D eigenvalue weighted by atomic mass is 10.1. The van der Waals surface area contributed by atoms with Crippen molar-refractivity contribution in [3.05, 3.63) is 36.0 Å². The third-order valence-electron chi connectivity index (χ3n) is 4.19. The molecule has 20 heavy (non-hydrogen) atoms. The minimum absolute atomic E-state index is 0.279. The van der Waals surface area contributed by atoms with Crippen LogP contribution in [-0.2, 0) is 17.8 Å². The highest BCUT2D eigenvalue weighted by Gasteiger charge is 2.20. The number of fused-ring (bicyclic) bond motifs is 1. The number of aromatic nitrogens is 1. The van der Waals surface area contributed by atoms with Crippen LogP contribution in [0.25, 0.3) is 10.9 Å². The SMILES string of the molecule is CCN1CCOC(Cn2ccc3c(CN)cccc32)C1. The average molecular weight is 273 g/mol. The molecule has 0 aliphatic carbocycles. The molecule has 1 fully saturated rings. The van der Waals surface area contributed by atoms with Crippen molar-refractivity contribution >= 4 is 10.9 Å². The van der Waals surface area contributed by atoms with Gasteiger partial charge < -0.3 is 15.0 Å². The molecule has 1 atom stereocenters. The van der Waals surface area contributed by atoms with Crippen molar-refractivity contribution in [3.63, 3.8) is 0 Å². The van der Waals surface area contributed by atoms with Crippen LogP contribution in [0.2, 0.25) is 0 Å². The fraction of sp³-hybridized carbons (Fsp3) is 0.500. The minimum Gasteiger partial charge on any atom is -0.374 e. The molecule has 2 aromatic rings. The molecule has 4 nitrogen and oxygen atoms in total. The normalized spacial score (nSPS) is 20.6. The van der Waals surface area contributed by atoms with Crippen LogP contribution in [0.4, 0.5) is 0 Å². The van der Waals surface area contributed by atoms with Crippen molar-refractivity contribution in [1.29, 1.82) is 0 Å². The van der Waals surface area contributed by atoms with E-state index in [1.807, 2.05) is 0 Å². The molecular formula is C16H23N3O. The first-order chi connectivity index (χ1) is 9.81. The number of hydrogen-bond acceptors (Lipinski definition) is 3. The van der Waals surface area contributed by atoms with Crippen LogP contribution >= 0.6 is 0 Å². The van der Waals surface area contributed by atoms with Crippen molar-refractivity contribution in [2.45, 2.75) is 26.1 Å². The van der Waals surface area contributed by atoms with Crippen LogP contribution < -0.4 is 5.73 Å². The lowest BCUT2D eigenvalue weighted by Gasteiger charge is -2.32. The van der Waals surface area contributed by atoms with Crippen LogP contribution in [0.5, 0.6) is 0 Å². The average Bonchev–Trinajstić information content (AvgIpc) is 2.90. The Bertz CT molecular complexity index is 578. The van der Waals surface area contributed by atoms with Crippen molar-refractivity contribution in [3.8, 4) is 0 Å². The third-order valence-corrected chi connectivity index (χ3v) is 4.19. The number of morpholine rings is 1. The summed E-state index contributed by atoms with van der Waals surface area (Å²) in [6, 6.07) is 8.51. The Balaban J connectivity index is 1.81. The fourth-order valence-electron chi connectivity index (χ4n) is 3.02. The van der Waals surface area contributed by atoms with Gasteiger partial charge in [-0.05, 0) is 24.2 Å². The molecule has 3 rings (SSSR count). The molecule has 4 heteroatoms. The molecule has 1 aromatic heterocycles. The van der Waals surface area contributed by atoms with E-state index in [1.165, 1.54) is 16.5 Å². The van der Waals surface area contributed by atoms with E-state index in [0.717, 1.165) is 32.8 Å². The van der Waals surface area contributed by atoms with Crippen LogP contribution in [-0.4, -0.2) is 41.8 Å². The Kier molecular flexibility index (Phi) is 4.05. The van der Waals surface area contributed by atoms with Gasteiger partial charge in [0.1, 0.15) is 0 Å². The van der Waals surface area contributed by atoms with Gasteiger partial charge in [-0.15, -0.1) is 0 Å². The number of likely N-dealkylation sites (N-methyl/N-ethyl adjacent to an activating group) is 1. The number of hydrogen-bond donors (Lipinski definition) is 1. The maximum atomic E-state index is 5.90. The smallest absolute Gasteiger partial charge is 0.0881 e. The third kappa shape index (κ3) is 2.59. The number of ether oxygens (including phenoxy) is 1. The minimum atomic E-state index is 0.279. The van der Waals surface area contributed by atoms with Gasteiger partial charge in [-0.2, -0.15) is 0 Å². The highest BCUT2D eigenvalue weighted by Crippen LogP contribution is 2.21. The zero-order valence-electron chi connectivity index (χ0n) is 12.1. The summed E-state index contributed by atoms with van der Waals surface area (Å²) < 4.78 is 8.19. The lowest BCUT2D eigenvalue weighted by Crippen LogP contribution is -2.43. The molecule has 1 aliphatic rings. The molecule has 2 N–H and O–H groups in total. The molecule has 108 valence electrons. The monoisotopic (exact) mass is 273 g/mol. The molecular weight excluding hydrogens is 250 g/mol. The van der Waals surface area contributed by atoms with Crippen LogP contribution in [0.1, 0.15) is 12.5 Å². The van der Waals surface area contributed by atoms with E-state index in [4.69, 9.17) is 10.5 Å². The zero-order valence-corrected chi connectivity index (χ0v) is 12.1. The Labute approximate surface area is 120 Å². The summed E-state index contributed by atoms with van der Waals surface area (Å²) in [5, 5.41) is 1.26. The van der Waals surface area contributed by atoms with E-state index in [2.05, 4.69) is 46.9 Å². The molecule has 2 heterocycles. The molecule has 0 radical (unpaired) electrons. The van der Waals surface area contributed by atoms with E-state index in [9.17, 15) is 0 Å². The van der Waals surface area contributed by atoms with Gasteiger partial charge in [0.15, 0.2) is 0 Å². The van der Waals surface area contributed by atoms with E-state index in [-0.39, 0.29) is 6.10 Å². The molecule has 1 aliphatic heterocycles. The second kappa shape index (κ2) is 5.95. The molecule has 0 amide bonds. The first kappa shape index (κ1) is 13.6. The topological polar surface area (TPSA) is 43.4 Å². The Morgan fingerprint density at radius 3 is 3.05 bits per heavy atom. The molecule has 0 saturated carbocycles. The summed E-state index contributed by atoms with van der Waals surface area (Å²) in [6.07, 6.45) is 2.43. The highest BCUT2D eigenvalue weighted by atomic mass is 16.5. The predicted molar refractivity (Wildman–Crippen MR) is 81.7 cm³/mol. The molecule has 0 bridgehead atoms. The van der Waals surface area contributed by atoms with E-state index in [0.29, 0.717) is 6.54 Å². The summed E-state index contributed by atoms with van der Waals surface area (Å²) in [4.78, 5) is 2.45. The van der Waals surface area contributed by atoms with Crippen LogP contribution in [0.3, 0.4) is 0 Å². The van der Waals surface area contributed by atoms with E-state index < -0.39 is 0 Å². The maximum absolute atomic E-state index is 5.90. The van der Waals surface area contributed by atoms with Gasteiger partial charge in [0, 0.05) is 36.7 Å². The second-order valence-electron chi connectivity index (χ2n) is 5.41. The largest absolute Gasteiger partial charge is 0.374 e. The van der Waals surface area contributed by atoms with Gasteiger partial charge in [0.2, 0.25) is 0 Å². The summed E-state index contributed by atoms with van der Waals surface area (Å²) in [7, 11) is 0. The Hall–Kier alpha value is -1.36. The summed E-state index contributed by atoms with van der Waals surface area (Å²) in [6.45, 7) is 7.72. The van der Waals surface area contributed by atoms with Gasteiger partial charge in [0.05, 0.1) is 19.3 Å². The van der Waals surface area contributed by atoms with Crippen molar-refractivity contribution in [2.24, 2.45) is 5.73 Å². The highest BCUT2D eigenvalue weighted by molar-refractivity contribution is 5.83. The quantitative estimate of drug-likeness (QED) is 0.924. The molecule has 0 spiro atoms. The molecule has 1 aromatic carbocycles. The summed E-state index contributed by atoms with van der Waals surface area (Å²) >= 11 is 0. The Morgan fingerprint density at radius 2 is 2.25 bits per heavy atom. The van der Waals surface area contributed by atoms with E-state index >= 15 is 0 Å².